The van der Waals surface area contributed by atoms with Crippen LogP contribution in [0.3, 0.4) is 0 Å². The van der Waals surface area contributed by atoms with E-state index in [0.29, 0.717) is 35.6 Å². The number of nitrogens with one attached hydrogen (secondary N) is 1. The molecule has 28 heavy (non-hydrogen) atoms. The Hall–Kier alpha value is -3.06. The number of fused-ring (bicyclic) bond motifs is 1. The Morgan fingerprint density at radius 2 is 1.96 bits per heavy atom. The molecule has 0 atom stereocenters. The number of oxazole rings is 1. The van der Waals surface area contributed by atoms with Crippen molar-refractivity contribution >= 4 is 34.6 Å². The van der Waals surface area contributed by atoms with Crippen LogP contribution in [0.25, 0.3) is 11.1 Å². The van der Waals surface area contributed by atoms with E-state index >= 15 is 0 Å². The number of esters is 1. The Kier molecular flexibility index (Phi) is 6.49. The van der Waals surface area contributed by atoms with Crippen molar-refractivity contribution < 1.29 is 18.7 Å². The predicted octanol–water partition coefficient (Wildman–Crippen LogP) is 2.89. The zero-order chi connectivity index (χ0) is 19.9. The van der Waals surface area contributed by atoms with E-state index < -0.39 is 17.6 Å². The number of benzene rings is 2. The van der Waals surface area contributed by atoms with Crippen molar-refractivity contribution in [1.29, 1.82) is 0 Å². The summed E-state index contributed by atoms with van der Waals surface area (Å²) >= 11 is 5.88. The van der Waals surface area contributed by atoms with E-state index in [1.807, 2.05) is 12.1 Å². The van der Waals surface area contributed by atoms with Gasteiger partial charge in [0.1, 0.15) is 0 Å². The molecule has 0 spiro atoms. The lowest BCUT2D eigenvalue weighted by atomic mass is 10.2. The van der Waals surface area contributed by atoms with E-state index in [-0.39, 0.29) is 13.0 Å². The highest BCUT2D eigenvalue weighted by Crippen LogP contribution is 2.12. The first kappa shape index (κ1) is 19.7. The smallest absolute Gasteiger partial charge is 0.419 e. The minimum Gasteiger partial charge on any atom is -0.456 e. The highest BCUT2D eigenvalue weighted by atomic mass is 35.5. The van der Waals surface area contributed by atoms with Crippen LogP contribution in [0.5, 0.6) is 0 Å². The fraction of sp³-hybridized carbons (Fsp3) is 0.250. The SMILES string of the molecule is O=C(COC(=O)CCCn1c(=O)oc2ccccc21)NCc1cccc(Cl)c1. The second kappa shape index (κ2) is 9.23. The molecule has 2 aromatic carbocycles. The van der Waals surface area contributed by atoms with E-state index in [2.05, 4.69) is 5.32 Å². The van der Waals surface area contributed by atoms with Gasteiger partial charge in [0.25, 0.3) is 5.91 Å². The van der Waals surface area contributed by atoms with Gasteiger partial charge < -0.3 is 14.5 Å². The van der Waals surface area contributed by atoms with Gasteiger partial charge in [-0.25, -0.2) is 4.79 Å². The molecule has 1 aromatic heterocycles. The largest absolute Gasteiger partial charge is 0.456 e. The second-order valence-electron chi connectivity index (χ2n) is 6.16. The van der Waals surface area contributed by atoms with Gasteiger partial charge >= 0.3 is 11.7 Å². The third kappa shape index (κ3) is 5.23. The molecule has 0 aliphatic heterocycles. The maximum atomic E-state index is 11.9. The Morgan fingerprint density at radius 3 is 2.79 bits per heavy atom. The lowest BCUT2D eigenvalue weighted by Crippen LogP contribution is -2.28. The quantitative estimate of drug-likeness (QED) is 0.585. The summed E-state index contributed by atoms with van der Waals surface area (Å²) < 4.78 is 11.6. The highest BCUT2D eigenvalue weighted by molar-refractivity contribution is 6.30. The van der Waals surface area contributed by atoms with Crippen molar-refractivity contribution in [2.45, 2.75) is 25.9 Å². The van der Waals surface area contributed by atoms with Gasteiger partial charge in [0.05, 0.1) is 5.52 Å². The zero-order valence-corrected chi connectivity index (χ0v) is 15.8. The Balaban J connectivity index is 1.39. The monoisotopic (exact) mass is 402 g/mol. The molecule has 3 aromatic rings. The number of aromatic nitrogens is 1. The second-order valence-corrected chi connectivity index (χ2v) is 6.59. The van der Waals surface area contributed by atoms with Crippen molar-refractivity contribution in [3.63, 3.8) is 0 Å². The zero-order valence-electron chi connectivity index (χ0n) is 15.0. The number of amides is 1. The molecule has 7 nitrogen and oxygen atoms in total. The summed E-state index contributed by atoms with van der Waals surface area (Å²) in [5.41, 5.74) is 2.04. The molecule has 0 saturated heterocycles. The number of aryl methyl sites for hydroxylation is 1. The average Bonchev–Trinajstić information content (AvgIpc) is 3.00. The van der Waals surface area contributed by atoms with Crippen LogP contribution < -0.4 is 11.1 Å². The molecule has 8 heteroatoms. The van der Waals surface area contributed by atoms with E-state index in [9.17, 15) is 14.4 Å². The van der Waals surface area contributed by atoms with Gasteiger partial charge in [-0.15, -0.1) is 0 Å². The molecule has 0 saturated carbocycles. The highest BCUT2D eigenvalue weighted by Gasteiger charge is 2.11. The first-order valence-corrected chi connectivity index (χ1v) is 9.16. The minimum absolute atomic E-state index is 0.0908. The van der Waals surface area contributed by atoms with Crippen molar-refractivity contribution in [1.82, 2.24) is 9.88 Å². The summed E-state index contributed by atoms with van der Waals surface area (Å²) in [7, 11) is 0. The van der Waals surface area contributed by atoms with E-state index in [1.165, 1.54) is 4.57 Å². The number of para-hydroxylation sites is 2. The molecule has 0 bridgehead atoms. The van der Waals surface area contributed by atoms with Crippen LogP contribution in [0.15, 0.2) is 57.7 Å². The molecule has 0 fully saturated rings. The number of carbonyl (C=O) groups is 2. The van der Waals surface area contributed by atoms with Crippen molar-refractivity contribution in [2.75, 3.05) is 6.61 Å². The van der Waals surface area contributed by atoms with Crippen molar-refractivity contribution in [3.8, 4) is 0 Å². The van der Waals surface area contributed by atoms with Crippen LogP contribution in [0, 0.1) is 0 Å². The first-order chi connectivity index (χ1) is 13.5. The number of nitrogens with zero attached hydrogens (tertiary/aromatic N) is 1. The minimum atomic E-state index is -0.501. The fourth-order valence-electron chi connectivity index (χ4n) is 2.72. The standard InChI is InChI=1S/C20H19ClN2O5/c21-15-6-3-5-14(11-15)12-22-18(24)13-27-19(25)9-4-10-23-16-7-1-2-8-17(16)28-20(23)26/h1-3,5-8,11H,4,9-10,12-13H2,(H,22,24). The molecule has 1 amide bonds. The lowest BCUT2D eigenvalue weighted by molar-refractivity contribution is -0.148. The molecule has 1 heterocycles. The maximum Gasteiger partial charge on any atom is 0.419 e. The number of carbonyl (C=O) groups excluding carboxylic acids is 2. The van der Waals surface area contributed by atoms with Crippen LogP contribution in [0.1, 0.15) is 18.4 Å². The normalized spacial score (nSPS) is 10.8. The summed E-state index contributed by atoms with van der Waals surface area (Å²) in [5.74, 6) is -1.36. The molecule has 1 N–H and O–H groups in total. The summed E-state index contributed by atoms with van der Waals surface area (Å²) in [6, 6.07) is 14.2. The molecule has 0 aliphatic rings. The van der Waals surface area contributed by atoms with Crippen molar-refractivity contribution in [2.24, 2.45) is 0 Å². The van der Waals surface area contributed by atoms with Gasteiger partial charge in [0.15, 0.2) is 12.2 Å². The van der Waals surface area contributed by atoms with Crippen LogP contribution in [-0.4, -0.2) is 23.1 Å². The van der Waals surface area contributed by atoms with Crippen LogP contribution in [0.2, 0.25) is 5.02 Å². The number of hydrogen-bond acceptors (Lipinski definition) is 5. The molecule has 0 radical (unpaired) electrons. The molecular formula is C20H19ClN2O5. The molecule has 0 aliphatic carbocycles. The predicted molar refractivity (Wildman–Crippen MR) is 104 cm³/mol. The molecule has 146 valence electrons. The van der Waals surface area contributed by atoms with Gasteiger partial charge in [-0.05, 0) is 36.2 Å². The number of halogens is 1. The lowest BCUT2D eigenvalue weighted by Gasteiger charge is -2.07. The van der Waals surface area contributed by atoms with E-state index in [4.69, 9.17) is 20.8 Å². The Bertz CT molecular complexity index is 1040. The Morgan fingerprint density at radius 1 is 1.14 bits per heavy atom. The van der Waals surface area contributed by atoms with Gasteiger partial charge in [-0.2, -0.15) is 0 Å². The third-order valence-corrected chi connectivity index (χ3v) is 4.31. The van der Waals surface area contributed by atoms with Crippen molar-refractivity contribution in [3.05, 3.63) is 69.7 Å². The molecular weight excluding hydrogens is 384 g/mol. The first-order valence-electron chi connectivity index (χ1n) is 8.78. The van der Waals surface area contributed by atoms with Gasteiger partial charge in [-0.3, -0.25) is 14.2 Å². The fourth-order valence-corrected chi connectivity index (χ4v) is 2.94. The van der Waals surface area contributed by atoms with Gasteiger partial charge in [0.2, 0.25) is 0 Å². The third-order valence-electron chi connectivity index (χ3n) is 4.08. The number of hydrogen-bond donors (Lipinski definition) is 1. The summed E-state index contributed by atoms with van der Waals surface area (Å²) in [6.45, 7) is 0.271. The van der Waals surface area contributed by atoms with Gasteiger partial charge in [-0.1, -0.05) is 35.9 Å². The van der Waals surface area contributed by atoms with E-state index in [0.717, 1.165) is 5.56 Å². The summed E-state index contributed by atoms with van der Waals surface area (Å²) in [4.78, 5) is 35.4. The molecule has 3 rings (SSSR count). The van der Waals surface area contributed by atoms with Crippen LogP contribution in [-0.2, 0) is 27.4 Å². The summed E-state index contributed by atoms with van der Waals surface area (Å²) in [6.07, 6.45) is 0.486. The molecule has 0 unspecified atom stereocenters. The average molecular weight is 403 g/mol. The number of rotatable bonds is 8. The summed E-state index contributed by atoms with van der Waals surface area (Å²) in [5, 5.41) is 3.24. The van der Waals surface area contributed by atoms with Crippen LogP contribution >= 0.6 is 11.6 Å². The topological polar surface area (TPSA) is 90.5 Å². The maximum absolute atomic E-state index is 11.9. The Labute approximate surface area is 165 Å². The van der Waals surface area contributed by atoms with Gasteiger partial charge in [0, 0.05) is 24.5 Å². The van der Waals surface area contributed by atoms with Crippen LogP contribution in [0.4, 0.5) is 0 Å². The number of ether oxygens (including phenoxy) is 1. The van der Waals surface area contributed by atoms with E-state index in [1.54, 1.807) is 36.4 Å².